The van der Waals surface area contributed by atoms with Crippen LogP contribution in [-0.2, 0) is 17.8 Å². The number of hydrogen-bond donors (Lipinski definition) is 1. The number of benzene rings is 1. The van der Waals surface area contributed by atoms with E-state index < -0.39 is 0 Å². The third kappa shape index (κ3) is 3.83. The Morgan fingerprint density at radius 2 is 2.12 bits per heavy atom. The lowest BCUT2D eigenvalue weighted by Gasteiger charge is -2.10. The number of hydrogen-bond acceptors (Lipinski definition) is 3. The second-order valence-electron chi connectivity index (χ2n) is 3.99. The van der Waals surface area contributed by atoms with E-state index in [1.165, 1.54) is 11.1 Å². The van der Waals surface area contributed by atoms with Crippen LogP contribution in [-0.4, -0.2) is 19.8 Å². The largest absolute Gasteiger partial charge is 0.496 e. The van der Waals surface area contributed by atoms with Crippen molar-refractivity contribution in [2.45, 2.75) is 32.9 Å². The molecular weight excluding hydrogens is 202 g/mol. The molecule has 0 radical (unpaired) electrons. The lowest BCUT2D eigenvalue weighted by Crippen LogP contribution is -2.21. The summed E-state index contributed by atoms with van der Waals surface area (Å²) in [6.07, 6.45) is 0.963. The maximum atomic E-state index is 5.61. The van der Waals surface area contributed by atoms with E-state index in [-0.39, 0.29) is 6.04 Å². The second-order valence-corrected chi connectivity index (χ2v) is 3.99. The van der Waals surface area contributed by atoms with Gasteiger partial charge in [-0.25, -0.2) is 0 Å². The maximum Gasteiger partial charge on any atom is 0.122 e. The second kappa shape index (κ2) is 6.51. The van der Waals surface area contributed by atoms with E-state index in [2.05, 4.69) is 13.0 Å². The molecule has 0 aromatic heterocycles. The van der Waals surface area contributed by atoms with Crippen molar-refractivity contribution in [1.82, 2.24) is 0 Å². The minimum Gasteiger partial charge on any atom is -0.496 e. The summed E-state index contributed by atoms with van der Waals surface area (Å²) in [5, 5.41) is 0. The Labute approximate surface area is 97.6 Å². The third-order valence-electron chi connectivity index (χ3n) is 2.38. The molecule has 0 bridgehead atoms. The van der Waals surface area contributed by atoms with Crippen LogP contribution in [0.5, 0.6) is 5.75 Å². The van der Waals surface area contributed by atoms with Crippen LogP contribution in [0, 0.1) is 0 Å². The zero-order valence-corrected chi connectivity index (χ0v) is 10.3. The first kappa shape index (κ1) is 13.0. The molecular formula is C13H21NO2. The zero-order valence-electron chi connectivity index (χ0n) is 10.3. The first-order valence-electron chi connectivity index (χ1n) is 5.66. The Bertz CT molecular complexity index is 324. The number of nitrogens with two attached hydrogens (primary N) is 1. The Hall–Kier alpha value is -1.06. The van der Waals surface area contributed by atoms with Gasteiger partial charge in [0.15, 0.2) is 0 Å². The van der Waals surface area contributed by atoms with Crippen molar-refractivity contribution in [3.63, 3.8) is 0 Å². The molecule has 1 unspecified atom stereocenters. The van der Waals surface area contributed by atoms with Crippen LogP contribution in [0.1, 0.15) is 25.0 Å². The first-order valence-corrected chi connectivity index (χ1v) is 5.66. The molecule has 1 aromatic carbocycles. The summed E-state index contributed by atoms with van der Waals surface area (Å²) in [5.74, 6) is 0.943. The summed E-state index contributed by atoms with van der Waals surface area (Å²) < 4.78 is 10.8. The van der Waals surface area contributed by atoms with Crippen molar-refractivity contribution in [2.75, 3.05) is 13.7 Å². The average molecular weight is 223 g/mol. The Kier molecular flexibility index (Phi) is 5.29. The van der Waals surface area contributed by atoms with E-state index >= 15 is 0 Å². The van der Waals surface area contributed by atoms with Gasteiger partial charge in [-0.1, -0.05) is 13.0 Å². The molecule has 1 atom stereocenters. The third-order valence-corrected chi connectivity index (χ3v) is 2.38. The van der Waals surface area contributed by atoms with Crippen LogP contribution in [0.2, 0.25) is 0 Å². The van der Waals surface area contributed by atoms with Gasteiger partial charge in [0.1, 0.15) is 5.75 Å². The Balaban J connectivity index is 2.60. The van der Waals surface area contributed by atoms with E-state index in [1.807, 2.05) is 19.1 Å². The van der Waals surface area contributed by atoms with E-state index in [1.54, 1.807) is 7.11 Å². The van der Waals surface area contributed by atoms with Gasteiger partial charge in [-0.05, 0) is 36.6 Å². The molecule has 90 valence electrons. The lowest BCUT2D eigenvalue weighted by molar-refractivity contribution is 0.111. The highest BCUT2D eigenvalue weighted by molar-refractivity contribution is 5.37. The van der Waals surface area contributed by atoms with Crippen LogP contribution < -0.4 is 10.5 Å². The van der Waals surface area contributed by atoms with Gasteiger partial charge in [-0.15, -0.1) is 0 Å². The highest BCUT2D eigenvalue weighted by Crippen LogP contribution is 2.20. The van der Waals surface area contributed by atoms with Crippen molar-refractivity contribution >= 4 is 0 Å². The molecule has 1 rings (SSSR count). The van der Waals surface area contributed by atoms with Crippen LogP contribution in [0.15, 0.2) is 18.2 Å². The van der Waals surface area contributed by atoms with Gasteiger partial charge < -0.3 is 15.2 Å². The molecule has 0 saturated heterocycles. The minimum absolute atomic E-state index is 0.0869. The molecule has 0 aliphatic heterocycles. The zero-order chi connectivity index (χ0) is 12.0. The molecule has 0 saturated carbocycles. The number of aryl methyl sites for hydroxylation is 1. The monoisotopic (exact) mass is 223 g/mol. The van der Waals surface area contributed by atoms with Gasteiger partial charge in [0.05, 0.1) is 20.3 Å². The molecule has 3 heteroatoms. The van der Waals surface area contributed by atoms with Gasteiger partial charge in [0.2, 0.25) is 0 Å². The van der Waals surface area contributed by atoms with Crippen molar-refractivity contribution in [3.05, 3.63) is 29.3 Å². The maximum absolute atomic E-state index is 5.61. The van der Waals surface area contributed by atoms with E-state index in [9.17, 15) is 0 Å². The lowest BCUT2D eigenvalue weighted by atomic mass is 10.1. The Morgan fingerprint density at radius 3 is 2.69 bits per heavy atom. The SMILES string of the molecule is CCc1cc(COCC(C)N)ccc1OC. The summed E-state index contributed by atoms with van der Waals surface area (Å²) in [5.41, 5.74) is 7.99. The number of methoxy groups -OCH3 is 1. The minimum atomic E-state index is 0.0869. The summed E-state index contributed by atoms with van der Waals surface area (Å²) in [4.78, 5) is 0. The summed E-state index contributed by atoms with van der Waals surface area (Å²) in [6, 6.07) is 6.23. The van der Waals surface area contributed by atoms with Crippen LogP contribution in [0.4, 0.5) is 0 Å². The fraction of sp³-hybridized carbons (Fsp3) is 0.538. The molecule has 2 N–H and O–H groups in total. The van der Waals surface area contributed by atoms with E-state index in [0.29, 0.717) is 13.2 Å². The number of ether oxygens (including phenoxy) is 2. The van der Waals surface area contributed by atoms with Gasteiger partial charge in [0, 0.05) is 6.04 Å². The standard InChI is InChI=1S/C13H21NO2/c1-4-12-7-11(5-6-13(12)15-3)9-16-8-10(2)14/h5-7,10H,4,8-9,14H2,1-3H3. The quantitative estimate of drug-likeness (QED) is 0.803. The Morgan fingerprint density at radius 1 is 1.38 bits per heavy atom. The van der Waals surface area contributed by atoms with Gasteiger partial charge in [0.25, 0.3) is 0 Å². The molecule has 0 amide bonds. The summed E-state index contributed by atoms with van der Waals surface area (Å²) >= 11 is 0. The normalized spacial score (nSPS) is 12.5. The predicted molar refractivity (Wildman–Crippen MR) is 65.7 cm³/mol. The van der Waals surface area contributed by atoms with Gasteiger partial charge in [-0.2, -0.15) is 0 Å². The average Bonchev–Trinajstić information content (AvgIpc) is 2.28. The molecule has 0 heterocycles. The van der Waals surface area contributed by atoms with E-state index in [0.717, 1.165) is 12.2 Å². The fourth-order valence-electron chi connectivity index (χ4n) is 1.56. The van der Waals surface area contributed by atoms with Crippen molar-refractivity contribution in [2.24, 2.45) is 5.73 Å². The van der Waals surface area contributed by atoms with Gasteiger partial charge >= 0.3 is 0 Å². The molecule has 0 aliphatic rings. The molecule has 3 nitrogen and oxygen atoms in total. The fourth-order valence-corrected chi connectivity index (χ4v) is 1.56. The van der Waals surface area contributed by atoms with Crippen LogP contribution in [0.3, 0.4) is 0 Å². The number of rotatable bonds is 6. The van der Waals surface area contributed by atoms with Crippen molar-refractivity contribution in [3.8, 4) is 5.75 Å². The van der Waals surface area contributed by atoms with Crippen molar-refractivity contribution < 1.29 is 9.47 Å². The summed E-state index contributed by atoms with van der Waals surface area (Å²) in [7, 11) is 1.70. The van der Waals surface area contributed by atoms with Gasteiger partial charge in [-0.3, -0.25) is 0 Å². The molecule has 0 aliphatic carbocycles. The topological polar surface area (TPSA) is 44.5 Å². The van der Waals surface area contributed by atoms with Crippen LogP contribution >= 0.6 is 0 Å². The van der Waals surface area contributed by atoms with Crippen molar-refractivity contribution in [1.29, 1.82) is 0 Å². The predicted octanol–water partition coefficient (Wildman–Crippen LogP) is 2.12. The molecule has 0 fully saturated rings. The first-order chi connectivity index (χ1) is 7.67. The van der Waals surface area contributed by atoms with Crippen LogP contribution in [0.25, 0.3) is 0 Å². The smallest absolute Gasteiger partial charge is 0.122 e. The van der Waals surface area contributed by atoms with E-state index in [4.69, 9.17) is 15.2 Å². The molecule has 1 aromatic rings. The molecule has 16 heavy (non-hydrogen) atoms. The molecule has 0 spiro atoms. The highest BCUT2D eigenvalue weighted by atomic mass is 16.5. The summed E-state index contributed by atoms with van der Waals surface area (Å²) in [6.45, 7) is 5.25. The highest BCUT2D eigenvalue weighted by Gasteiger charge is 2.03.